The summed E-state index contributed by atoms with van der Waals surface area (Å²) in [7, 11) is -1.53. The normalized spacial score (nSPS) is 12.0. The van der Waals surface area contributed by atoms with E-state index in [-0.39, 0.29) is 30.5 Å². The molecule has 2 aromatic rings. The molecular formula is C12H20IN7O2S. The highest BCUT2D eigenvalue weighted by molar-refractivity contribution is 14.0. The Morgan fingerprint density at radius 1 is 1.26 bits per heavy atom. The van der Waals surface area contributed by atoms with Gasteiger partial charge in [0.25, 0.3) is 0 Å². The molecule has 2 aromatic heterocycles. The van der Waals surface area contributed by atoms with E-state index < -0.39 is 10.0 Å². The van der Waals surface area contributed by atoms with E-state index in [1.165, 1.54) is 0 Å². The fourth-order valence-corrected chi connectivity index (χ4v) is 2.29. The zero-order valence-corrected chi connectivity index (χ0v) is 16.0. The molecule has 0 bridgehead atoms. The van der Waals surface area contributed by atoms with Crippen molar-refractivity contribution in [3.63, 3.8) is 0 Å². The van der Waals surface area contributed by atoms with E-state index in [1.54, 1.807) is 7.05 Å². The van der Waals surface area contributed by atoms with Crippen LogP contribution in [0.25, 0.3) is 5.65 Å². The number of aliphatic imine (C=N–C) groups is 1. The molecule has 0 aliphatic rings. The number of nitrogens with zero attached hydrogens (tertiary/aromatic N) is 4. The first-order chi connectivity index (χ1) is 10.5. The lowest BCUT2D eigenvalue weighted by atomic mass is 10.4. The van der Waals surface area contributed by atoms with E-state index in [0.29, 0.717) is 19.0 Å². The summed E-state index contributed by atoms with van der Waals surface area (Å²) in [4.78, 5) is 4.06. The van der Waals surface area contributed by atoms with Gasteiger partial charge in [-0.3, -0.25) is 9.39 Å². The molecule has 0 amide bonds. The third kappa shape index (κ3) is 6.27. The molecule has 0 aromatic carbocycles. The largest absolute Gasteiger partial charge is 0.355 e. The van der Waals surface area contributed by atoms with Crippen LogP contribution in [0.4, 0.5) is 0 Å². The van der Waals surface area contributed by atoms with Gasteiger partial charge in [-0.25, -0.2) is 13.1 Å². The summed E-state index contributed by atoms with van der Waals surface area (Å²) in [6, 6.07) is 5.68. The first-order valence-electron chi connectivity index (χ1n) is 6.67. The van der Waals surface area contributed by atoms with Gasteiger partial charge >= 0.3 is 0 Å². The summed E-state index contributed by atoms with van der Waals surface area (Å²) >= 11 is 0. The third-order valence-electron chi connectivity index (χ3n) is 2.80. The van der Waals surface area contributed by atoms with Crippen molar-refractivity contribution in [2.24, 2.45) is 4.99 Å². The van der Waals surface area contributed by atoms with Crippen molar-refractivity contribution >= 4 is 45.6 Å². The Hall–Kier alpha value is -1.47. The van der Waals surface area contributed by atoms with Crippen molar-refractivity contribution in [2.75, 3.05) is 26.4 Å². The smallest absolute Gasteiger partial charge is 0.208 e. The molecule has 0 atom stereocenters. The average Bonchev–Trinajstić information content (AvgIpc) is 2.89. The molecule has 0 aliphatic heterocycles. The van der Waals surface area contributed by atoms with Crippen LogP contribution in [0.5, 0.6) is 0 Å². The van der Waals surface area contributed by atoms with Gasteiger partial charge in [-0.05, 0) is 12.1 Å². The van der Waals surface area contributed by atoms with Crippen molar-refractivity contribution in [2.45, 2.75) is 6.54 Å². The van der Waals surface area contributed by atoms with Gasteiger partial charge in [-0.15, -0.1) is 34.2 Å². The summed E-state index contributed by atoms with van der Waals surface area (Å²) in [5, 5.41) is 14.3. The highest BCUT2D eigenvalue weighted by Crippen LogP contribution is 2.01. The molecule has 2 heterocycles. The van der Waals surface area contributed by atoms with Crippen LogP contribution in [0.2, 0.25) is 0 Å². The van der Waals surface area contributed by atoms with Crippen LogP contribution >= 0.6 is 24.0 Å². The van der Waals surface area contributed by atoms with Gasteiger partial charge in [-0.2, -0.15) is 0 Å². The van der Waals surface area contributed by atoms with E-state index in [2.05, 4.69) is 30.5 Å². The molecule has 2 rings (SSSR count). The summed E-state index contributed by atoms with van der Waals surface area (Å²) in [5.74, 6) is 1.32. The van der Waals surface area contributed by atoms with Gasteiger partial charge in [0, 0.05) is 26.3 Å². The number of halogens is 1. The van der Waals surface area contributed by atoms with Crippen LogP contribution in [0.15, 0.2) is 29.4 Å². The predicted molar refractivity (Wildman–Crippen MR) is 99.4 cm³/mol. The molecule has 0 saturated carbocycles. The van der Waals surface area contributed by atoms with Crippen LogP contribution in [-0.4, -0.2) is 55.4 Å². The fraction of sp³-hybridized carbons (Fsp3) is 0.417. The topological polar surface area (TPSA) is 113 Å². The Morgan fingerprint density at radius 2 is 2.04 bits per heavy atom. The highest BCUT2D eigenvalue weighted by Gasteiger charge is 2.05. The van der Waals surface area contributed by atoms with Crippen LogP contribution in [0, 0.1) is 0 Å². The SMILES string of the molecule is CN=C(NCCNS(C)(=O)=O)NCc1nnc2ccccn12.I. The van der Waals surface area contributed by atoms with Crippen molar-refractivity contribution < 1.29 is 8.42 Å². The van der Waals surface area contributed by atoms with Crippen molar-refractivity contribution in [3.05, 3.63) is 30.2 Å². The highest BCUT2D eigenvalue weighted by atomic mass is 127. The van der Waals surface area contributed by atoms with Gasteiger partial charge in [-0.1, -0.05) is 6.07 Å². The minimum absolute atomic E-state index is 0. The second kappa shape index (κ2) is 8.98. The average molecular weight is 453 g/mol. The third-order valence-corrected chi connectivity index (χ3v) is 3.53. The molecule has 0 spiro atoms. The number of hydrogen-bond donors (Lipinski definition) is 3. The first kappa shape index (κ1) is 19.6. The van der Waals surface area contributed by atoms with Crippen LogP contribution in [-0.2, 0) is 16.6 Å². The first-order valence-corrected chi connectivity index (χ1v) is 8.56. The van der Waals surface area contributed by atoms with Gasteiger partial charge in [0.05, 0.1) is 12.8 Å². The second-order valence-electron chi connectivity index (χ2n) is 4.56. The molecule has 0 aliphatic carbocycles. The zero-order chi connectivity index (χ0) is 16.0. The summed E-state index contributed by atoms with van der Waals surface area (Å²) in [6.45, 7) is 1.16. The number of nitrogens with one attached hydrogen (secondary N) is 3. The Labute approximate surface area is 152 Å². The lowest BCUT2D eigenvalue weighted by molar-refractivity contribution is 0.586. The van der Waals surface area contributed by atoms with E-state index in [9.17, 15) is 8.42 Å². The van der Waals surface area contributed by atoms with Crippen LogP contribution in [0.1, 0.15) is 5.82 Å². The molecular weight excluding hydrogens is 433 g/mol. The summed E-state index contributed by atoms with van der Waals surface area (Å²) < 4.78 is 26.2. The molecule has 11 heteroatoms. The Bertz CT molecular complexity index is 760. The van der Waals surface area contributed by atoms with Gasteiger partial charge in [0.15, 0.2) is 17.4 Å². The molecule has 0 radical (unpaired) electrons. The van der Waals surface area contributed by atoms with Crippen LogP contribution in [0.3, 0.4) is 0 Å². The number of sulfonamides is 1. The molecule has 3 N–H and O–H groups in total. The van der Waals surface area contributed by atoms with Crippen molar-refractivity contribution in [1.82, 2.24) is 30.0 Å². The predicted octanol–water partition coefficient (Wildman–Crippen LogP) is -0.438. The van der Waals surface area contributed by atoms with E-state index in [4.69, 9.17) is 0 Å². The van der Waals surface area contributed by atoms with Crippen molar-refractivity contribution in [3.8, 4) is 0 Å². The van der Waals surface area contributed by atoms with Crippen molar-refractivity contribution in [1.29, 1.82) is 0 Å². The fourth-order valence-electron chi connectivity index (χ4n) is 1.81. The van der Waals surface area contributed by atoms with E-state index >= 15 is 0 Å². The van der Waals surface area contributed by atoms with Gasteiger partial charge in [0.1, 0.15) is 0 Å². The standard InChI is InChI=1S/C12H19N7O2S.HI/c1-13-12(14-6-7-16-22(2,20)21)15-9-11-18-17-10-5-3-4-8-19(10)11;/h3-5,8,16H,6-7,9H2,1-2H3,(H2,13,14,15);1H. The number of fused-ring (bicyclic) bond motifs is 1. The number of rotatable bonds is 6. The maximum absolute atomic E-state index is 10.9. The molecule has 9 nitrogen and oxygen atoms in total. The lowest BCUT2D eigenvalue weighted by Gasteiger charge is -2.11. The number of pyridine rings is 1. The maximum Gasteiger partial charge on any atom is 0.208 e. The zero-order valence-electron chi connectivity index (χ0n) is 12.9. The number of hydrogen-bond acceptors (Lipinski definition) is 5. The lowest BCUT2D eigenvalue weighted by Crippen LogP contribution is -2.41. The maximum atomic E-state index is 10.9. The molecule has 0 unspecified atom stereocenters. The molecule has 23 heavy (non-hydrogen) atoms. The van der Waals surface area contributed by atoms with Gasteiger partial charge in [0.2, 0.25) is 10.0 Å². The van der Waals surface area contributed by atoms with Crippen LogP contribution < -0.4 is 15.4 Å². The second-order valence-corrected chi connectivity index (χ2v) is 6.40. The minimum Gasteiger partial charge on any atom is -0.355 e. The molecule has 0 saturated heterocycles. The Kier molecular flexibility index (Phi) is 7.64. The molecule has 128 valence electrons. The summed E-state index contributed by atoms with van der Waals surface area (Å²) in [6.07, 6.45) is 3.01. The quantitative estimate of drug-likeness (QED) is 0.237. The monoisotopic (exact) mass is 453 g/mol. The Morgan fingerprint density at radius 3 is 2.74 bits per heavy atom. The van der Waals surface area contributed by atoms with E-state index in [0.717, 1.165) is 17.7 Å². The molecule has 0 fully saturated rings. The number of guanidine groups is 1. The van der Waals surface area contributed by atoms with Gasteiger partial charge < -0.3 is 10.6 Å². The minimum atomic E-state index is -3.17. The van der Waals surface area contributed by atoms with E-state index in [1.807, 2.05) is 28.8 Å². The Balaban J connectivity index is 0.00000264. The number of aromatic nitrogens is 3. The summed E-state index contributed by atoms with van der Waals surface area (Å²) in [5.41, 5.74) is 0.777.